The Labute approximate surface area is 192 Å². The lowest BCUT2D eigenvalue weighted by molar-refractivity contribution is -0.118. The van der Waals surface area contributed by atoms with Crippen LogP contribution in [0, 0.1) is 0 Å². The molecule has 0 atom stereocenters. The molecule has 1 aromatic heterocycles. The summed E-state index contributed by atoms with van der Waals surface area (Å²) in [6.07, 6.45) is 0. The number of para-hydroxylation sites is 1. The van der Waals surface area contributed by atoms with Crippen LogP contribution in [0.25, 0.3) is 11.0 Å². The SMILES string of the molecule is O=C1COc2ccc(NC(=O)c3oc4ccccc4c3CSc3ccc(Cl)cc3)cc2N1. The summed E-state index contributed by atoms with van der Waals surface area (Å²) in [5.41, 5.74) is 2.50. The van der Waals surface area contributed by atoms with Gasteiger partial charge < -0.3 is 19.8 Å². The zero-order valence-corrected chi connectivity index (χ0v) is 18.3. The summed E-state index contributed by atoms with van der Waals surface area (Å²) in [5, 5.41) is 7.17. The first-order valence-electron chi connectivity index (χ1n) is 9.83. The number of fused-ring (bicyclic) bond motifs is 2. The fraction of sp³-hybridized carbons (Fsp3) is 0.0833. The summed E-state index contributed by atoms with van der Waals surface area (Å²) < 4.78 is 11.3. The molecule has 8 heteroatoms. The predicted octanol–water partition coefficient (Wildman–Crippen LogP) is 5.96. The second-order valence-electron chi connectivity index (χ2n) is 7.15. The molecule has 1 aliphatic rings. The number of thioether (sulfide) groups is 1. The van der Waals surface area contributed by atoms with E-state index in [1.165, 1.54) is 0 Å². The quantitative estimate of drug-likeness (QED) is 0.356. The zero-order chi connectivity index (χ0) is 22.1. The number of carbonyl (C=O) groups is 2. The minimum atomic E-state index is -0.365. The Morgan fingerprint density at radius 3 is 2.75 bits per heavy atom. The molecule has 2 N–H and O–H groups in total. The first-order valence-corrected chi connectivity index (χ1v) is 11.2. The molecular weight excluding hydrogens is 448 g/mol. The highest BCUT2D eigenvalue weighted by Crippen LogP contribution is 2.34. The number of ether oxygens (including phenoxy) is 1. The van der Waals surface area contributed by atoms with Gasteiger partial charge in [0.25, 0.3) is 11.8 Å². The fourth-order valence-electron chi connectivity index (χ4n) is 3.46. The Bertz CT molecular complexity index is 1330. The van der Waals surface area contributed by atoms with Gasteiger partial charge in [0.2, 0.25) is 0 Å². The minimum absolute atomic E-state index is 0.0215. The van der Waals surface area contributed by atoms with Crippen LogP contribution in [0.4, 0.5) is 11.4 Å². The van der Waals surface area contributed by atoms with E-state index in [-0.39, 0.29) is 24.2 Å². The molecule has 0 radical (unpaired) electrons. The molecule has 6 nitrogen and oxygen atoms in total. The third-order valence-corrected chi connectivity index (χ3v) is 6.26. The smallest absolute Gasteiger partial charge is 0.291 e. The molecule has 0 fully saturated rings. The van der Waals surface area contributed by atoms with E-state index in [1.54, 1.807) is 30.0 Å². The van der Waals surface area contributed by atoms with Crippen molar-refractivity contribution in [2.45, 2.75) is 10.6 Å². The molecule has 0 aliphatic carbocycles. The molecule has 0 saturated carbocycles. The Kier molecular flexibility index (Phi) is 5.51. The van der Waals surface area contributed by atoms with Crippen molar-refractivity contribution in [1.29, 1.82) is 0 Å². The monoisotopic (exact) mass is 464 g/mol. The van der Waals surface area contributed by atoms with E-state index in [0.717, 1.165) is 15.8 Å². The summed E-state index contributed by atoms with van der Waals surface area (Å²) in [6, 6.07) is 20.2. The molecular formula is C24H17ClN2O4S. The van der Waals surface area contributed by atoms with Crippen molar-refractivity contribution in [3.8, 4) is 5.75 Å². The number of hydrogen-bond acceptors (Lipinski definition) is 5. The Morgan fingerprint density at radius 1 is 1.09 bits per heavy atom. The molecule has 2 heterocycles. The van der Waals surface area contributed by atoms with Gasteiger partial charge in [0.1, 0.15) is 11.3 Å². The van der Waals surface area contributed by atoms with Crippen LogP contribution in [0.3, 0.4) is 0 Å². The van der Waals surface area contributed by atoms with Crippen molar-refractivity contribution in [3.05, 3.63) is 83.1 Å². The zero-order valence-electron chi connectivity index (χ0n) is 16.7. The number of anilines is 2. The van der Waals surface area contributed by atoms with Crippen molar-refractivity contribution < 1.29 is 18.7 Å². The van der Waals surface area contributed by atoms with Gasteiger partial charge in [-0.25, -0.2) is 0 Å². The van der Waals surface area contributed by atoms with Crippen LogP contribution in [-0.2, 0) is 10.5 Å². The van der Waals surface area contributed by atoms with Gasteiger partial charge in [0.15, 0.2) is 12.4 Å². The molecule has 3 aromatic carbocycles. The predicted molar refractivity (Wildman–Crippen MR) is 126 cm³/mol. The highest BCUT2D eigenvalue weighted by Gasteiger charge is 2.22. The van der Waals surface area contributed by atoms with E-state index in [0.29, 0.717) is 33.5 Å². The molecule has 0 saturated heterocycles. The number of carbonyl (C=O) groups excluding carboxylic acids is 2. The van der Waals surface area contributed by atoms with Crippen LogP contribution in [-0.4, -0.2) is 18.4 Å². The van der Waals surface area contributed by atoms with E-state index >= 15 is 0 Å². The molecule has 1 aliphatic heterocycles. The topological polar surface area (TPSA) is 80.6 Å². The average molecular weight is 465 g/mol. The average Bonchev–Trinajstić information content (AvgIpc) is 3.17. The van der Waals surface area contributed by atoms with Crippen LogP contribution in [0.15, 0.2) is 76.0 Å². The number of halogens is 1. The molecule has 5 rings (SSSR count). The maximum Gasteiger partial charge on any atom is 0.291 e. The number of rotatable bonds is 5. The number of hydrogen-bond donors (Lipinski definition) is 2. The minimum Gasteiger partial charge on any atom is -0.482 e. The number of benzene rings is 3. The van der Waals surface area contributed by atoms with Crippen molar-refractivity contribution in [3.63, 3.8) is 0 Å². The van der Waals surface area contributed by atoms with E-state index in [9.17, 15) is 9.59 Å². The van der Waals surface area contributed by atoms with Gasteiger partial charge in [-0.1, -0.05) is 29.8 Å². The lowest BCUT2D eigenvalue weighted by Crippen LogP contribution is -2.25. The van der Waals surface area contributed by atoms with Crippen LogP contribution in [0.2, 0.25) is 5.02 Å². The third kappa shape index (κ3) is 4.17. The first-order chi connectivity index (χ1) is 15.6. The molecule has 0 unspecified atom stereocenters. The number of nitrogens with one attached hydrogen (secondary N) is 2. The molecule has 160 valence electrons. The van der Waals surface area contributed by atoms with E-state index in [2.05, 4.69) is 10.6 Å². The van der Waals surface area contributed by atoms with Gasteiger partial charge in [0, 0.05) is 32.3 Å². The molecule has 2 amide bonds. The standard InChI is InChI=1S/C24H17ClN2O4S/c25-14-5-8-16(9-6-14)32-13-18-17-3-1-2-4-20(17)31-23(18)24(29)26-15-7-10-21-19(11-15)27-22(28)12-30-21/h1-11H,12-13H2,(H,26,29)(H,27,28). The van der Waals surface area contributed by atoms with Gasteiger partial charge in [0.05, 0.1) is 5.69 Å². The summed E-state index contributed by atoms with van der Waals surface area (Å²) in [5.74, 6) is 0.767. The van der Waals surface area contributed by atoms with E-state index < -0.39 is 0 Å². The molecule has 32 heavy (non-hydrogen) atoms. The second-order valence-corrected chi connectivity index (χ2v) is 8.64. The normalized spacial score (nSPS) is 12.7. The summed E-state index contributed by atoms with van der Waals surface area (Å²) in [4.78, 5) is 25.8. The fourth-order valence-corrected chi connectivity index (χ4v) is 4.51. The summed E-state index contributed by atoms with van der Waals surface area (Å²) in [7, 11) is 0. The molecule has 0 bridgehead atoms. The van der Waals surface area contributed by atoms with Crippen molar-refractivity contribution in [2.24, 2.45) is 0 Å². The van der Waals surface area contributed by atoms with Crippen molar-refractivity contribution in [2.75, 3.05) is 17.2 Å². The first kappa shape index (κ1) is 20.5. The highest BCUT2D eigenvalue weighted by atomic mass is 35.5. The van der Waals surface area contributed by atoms with Crippen LogP contribution in [0.5, 0.6) is 5.75 Å². The van der Waals surface area contributed by atoms with E-state index in [1.807, 2.05) is 48.5 Å². The molecule has 0 spiro atoms. The molecule has 4 aromatic rings. The lowest BCUT2D eigenvalue weighted by atomic mass is 10.1. The van der Waals surface area contributed by atoms with Gasteiger partial charge in [-0.3, -0.25) is 9.59 Å². The van der Waals surface area contributed by atoms with E-state index in [4.69, 9.17) is 20.8 Å². The largest absolute Gasteiger partial charge is 0.482 e. The second kappa shape index (κ2) is 8.61. The van der Waals surface area contributed by atoms with Crippen LogP contribution in [0.1, 0.15) is 16.1 Å². The van der Waals surface area contributed by atoms with Gasteiger partial charge in [-0.15, -0.1) is 11.8 Å². The maximum absolute atomic E-state index is 13.1. The van der Waals surface area contributed by atoms with Gasteiger partial charge >= 0.3 is 0 Å². The van der Waals surface area contributed by atoms with Crippen LogP contribution >= 0.6 is 23.4 Å². The van der Waals surface area contributed by atoms with Crippen molar-refractivity contribution >= 4 is 57.5 Å². The highest BCUT2D eigenvalue weighted by molar-refractivity contribution is 7.98. The van der Waals surface area contributed by atoms with Gasteiger partial charge in [-0.2, -0.15) is 0 Å². The Hall–Kier alpha value is -3.42. The third-order valence-electron chi connectivity index (χ3n) is 4.97. The Morgan fingerprint density at radius 2 is 1.91 bits per heavy atom. The Balaban J connectivity index is 1.42. The summed E-state index contributed by atoms with van der Waals surface area (Å²) in [6.45, 7) is -0.0215. The van der Waals surface area contributed by atoms with Crippen molar-refractivity contribution in [1.82, 2.24) is 0 Å². The summed E-state index contributed by atoms with van der Waals surface area (Å²) >= 11 is 7.57. The van der Waals surface area contributed by atoms with Crippen LogP contribution < -0.4 is 15.4 Å². The van der Waals surface area contributed by atoms with Gasteiger partial charge in [-0.05, 0) is 48.5 Å². The number of furan rings is 1. The lowest BCUT2D eigenvalue weighted by Gasteiger charge is -2.18. The number of amides is 2. The maximum atomic E-state index is 13.1.